The summed E-state index contributed by atoms with van der Waals surface area (Å²) in [5.74, 6) is 0.0324. The fourth-order valence-electron chi connectivity index (χ4n) is 1.27. The van der Waals surface area contributed by atoms with Crippen molar-refractivity contribution in [3.05, 3.63) is 61.5 Å². The van der Waals surface area contributed by atoms with Crippen LogP contribution in [0.3, 0.4) is 0 Å². The van der Waals surface area contributed by atoms with Crippen molar-refractivity contribution < 1.29 is 4.39 Å². The van der Waals surface area contributed by atoms with Gasteiger partial charge in [0.15, 0.2) is 0 Å². The molecule has 0 aliphatic rings. The van der Waals surface area contributed by atoms with E-state index in [0.717, 1.165) is 5.56 Å². The molecule has 0 aliphatic carbocycles. The number of rotatable bonds is 3. The number of aromatic nitrogens is 2. The molecule has 0 spiro atoms. The van der Waals surface area contributed by atoms with Crippen LogP contribution in [0.2, 0.25) is 5.02 Å². The Kier molecular flexibility index (Phi) is 3.88. The molecule has 2 rings (SSSR count). The van der Waals surface area contributed by atoms with Gasteiger partial charge >= 0.3 is 11.1 Å². The molecule has 0 bridgehead atoms. The molecule has 0 fully saturated rings. The summed E-state index contributed by atoms with van der Waals surface area (Å²) in [6.07, 6.45) is 1.42. The van der Waals surface area contributed by atoms with E-state index in [2.05, 4.69) is 9.97 Å². The molecular formula is C11H8ClFN2O2S. The molecule has 0 atom stereocenters. The van der Waals surface area contributed by atoms with Gasteiger partial charge in [-0.25, -0.2) is 4.39 Å². The maximum absolute atomic E-state index is 12.9. The van der Waals surface area contributed by atoms with E-state index in [-0.39, 0.29) is 5.02 Å². The van der Waals surface area contributed by atoms with Crippen molar-refractivity contribution in [3.63, 3.8) is 0 Å². The second-order valence-electron chi connectivity index (χ2n) is 3.47. The number of halogens is 2. The van der Waals surface area contributed by atoms with Crippen LogP contribution in [0.4, 0.5) is 4.39 Å². The number of nitrogens with one attached hydrogen (secondary N) is 2. The molecule has 0 saturated carbocycles. The molecule has 1 aromatic heterocycles. The van der Waals surface area contributed by atoms with Crippen LogP contribution in [0.15, 0.2) is 39.0 Å². The van der Waals surface area contributed by atoms with Gasteiger partial charge in [0.2, 0.25) is 0 Å². The molecule has 0 unspecified atom stereocenters. The summed E-state index contributed by atoms with van der Waals surface area (Å²) >= 11 is 6.96. The zero-order valence-electron chi connectivity index (χ0n) is 9.00. The van der Waals surface area contributed by atoms with Gasteiger partial charge in [0.25, 0.3) is 0 Å². The van der Waals surface area contributed by atoms with Gasteiger partial charge in [-0.15, -0.1) is 11.8 Å². The molecule has 0 aliphatic heterocycles. The molecule has 0 amide bonds. The molecule has 2 N–H and O–H groups in total. The van der Waals surface area contributed by atoms with E-state index in [1.807, 2.05) is 0 Å². The minimum absolute atomic E-state index is 0.0584. The number of H-pyrrole nitrogens is 2. The lowest BCUT2D eigenvalue weighted by Gasteiger charge is -2.02. The van der Waals surface area contributed by atoms with Crippen LogP contribution >= 0.6 is 23.4 Å². The molecule has 0 radical (unpaired) electrons. The Labute approximate surface area is 110 Å². The zero-order chi connectivity index (χ0) is 13.1. The van der Waals surface area contributed by atoms with Crippen molar-refractivity contribution in [2.75, 3.05) is 0 Å². The van der Waals surface area contributed by atoms with Crippen LogP contribution in [-0.2, 0) is 5.75 Å². The summed E-state index contributed by atoms with van der Waals surface area (Å²) < 4.78 is 12.9. The zero-order valence-corrected chi connectivity index (χ0v) is 10.6. The highest BCUT2D eigenvalue weighted by atomic mass is 35.5. The van der Waals surface area contributed by atoms with Gasteiger partial charge in [-0.05, 0) is 17.7 Å². The molecule has 18 heavy (non-hydrogen) atoms. The van der Waals surface area contributed by atoms with Crippen molar-refractivity contribution in [2.24, 2.45) is 0 Å². The molecule has 0 saturated heterocycles. The average molecular weight is 287 g/mol. The van der Waals surface area contributed by atoms with Gasteiger partial charge in [0.05, 0.1) is 10.0 Å². The second-order valence-corrected chi connectivity index (χ2v) is 4.90. The summed E-state index contributed by atoms with van der Waals surface area (Å²) in [6.45, 7) is 0. The molecular weight excluding hydrogens is 279 g/mol. The Bertz CT molecular complexity index is 683. The second kappa shape index (κ2) is 5.41. The number of aromatic amines is 2. The first kappa shape index (κ1) is 12.9. The molecule has 4 nitrogen and oxygen atoms in total. The third-order valence-corrected chi connectivity index (χ3v) is 3.45. The summed E-state index contributed by atoms with van der Waals surface area (Å²) in [5.41, 5.74) is -0.570. The number of hydrogen-bond donors (Lipinski definition) is 2. The Balaban J connectivity index is 2.11. The van der Waals surface area contributed by atoms with Gasteiger partial charge in [0, 0.05) is 11.9 Å². The quantitative estimate of drug-likeness (QED) is 0.671. The first-order valence-corrected chi connectivity index (χ1v) is 6.31. The van der Waals surface area contributed by atoms with Crippen LogP contribution in [0.25, 0.3) is 0 Å². The van der Waals surface area contributed by atoms with Crippen LogP contribution in [-0.4, -0.2) is 9.97 Å². The Morgan fingerprint density at radius 1 is 1.28 bits per heavy atom. The minimum Gasteiger partial charge on any atom is -0.322 e. The Hall–Kier alpha value is -1.53. The van der Waals surface area contributed by atoms with E-state index < -0.39 is 16.9 Å². The summed E-state index contributed by atoms with van der Waals surface area (Å²) in [7, 11) is 0. The fourth-order valence-corrected chi connectivity index (χ4v) is 2.28. The highest BCUT2D eigenvalue weighted by Gasteiger charge is 2.03. The third-order valence-electron chi connectivity index (χ3n) is 2.16. The first-order chi connectivity index (χ1) is 8.56. The molecule has 1 heterocycles. The predicted molar refractivity (Wildman–Crippen MR) is 68.7 cm³/mol. The summed E-state index contributed by atoms with van der Waals surface area (Å²) in [6, 6.07) is 4.42. The van der Waals surface area contributed by atoms with Crippen molar-refractivity contribution in [1.29, 1.82) is 0 Å². The number of benzene rings is 1. The van der Waals surface area contributed by atoms with Crippen molar-refractivity contribution in [3.8, 4) is 0 Å². The maximum atomic E-state index is 12.9. The minimum atomic E-state index is -0.697. The van der Waals surface area contributed by atoms with Crippen LogP contribution < -0.4 is 11.1 Å². The monoisotopic (exact) mass is 286 g/mol. The van der Waals surface area contributed by atoms with Crippen molar-refractivity contribution >= 4 is 23.4 Å². The third kappa shape index (κ3) is 3.02. The SMILES string of the molecule is O=c1[nH]cc(SCc2ccc(F)c(Cl)c2)[nH]c1=O. The highest BCUT2D eigenvalue weighted by molar-refractivity contribution is 7.98. The fraction of sp³-hybridized carbons (Fsp3) is 0.0909. The van der Waals surface area contributed by atoms with Crippen LogP contribution in [0.1, 0.15) is 5.56 Å². The average Bonchev–Trinajstić information content (AvgIpc) is 2.35. The topological polar surface area (TPSA) is 65.7 Å². The van der Waals surface area contributed by atoms with E-state index in [1.54, 1.807) is 6.07 Å². The first-order valence-electron chi connectivity index (χ1n) is 4.95. The van der Waals surface area contributed by atoms with Gasteiger partial charge in [-0.1, -0.05) is 17.7 Å². The van der Waals surface area contributed by atoms with Crippen molar-refractivity contribution in [1.82, 2.24) is 9.97 Å². The van der Waals surface area contributed by atoms with Gasteiger partial charge in [0.1, 0.15) is 5.82 Å². The lowest BCUT2D eigenvalue weighted by atomic mass is 10.2. The summed E-state index contributed by atoms with van der Waals surface area (Å²) in [4.78, 5) is 26.7. The smallest absolute Gasteiger partial charge is 0.314 e. The molecule has 1 aromatic carbocycles. The van der Waals surface area contributed by atoms with Gasteiger partial charge in [-0.3, -0.25) is 9.59 Å². The number of hydrogen-bond acceptors (Lipinski definition) is 3. The molecule has 2 aromatic rings. The maximum Gasteiger partial charge on any atom is 0.314 e. The Morgan fingerprint density at radius 3 is 2.72 bits per heavy atom. The van der Waals surface area contributed by atoms with Gasteiger partial charge in [-0.2, -0.15) is 0 Å². The normalized spacial score (nSPS) is 10.6. The number of thioether (sulfide) groups is 1. The predicted octanol–water partition coefficient (Wildman–Crippen LogP) is 2.15. The van der Waals surface area contributed by atoms with E-state index >= 15 is 0 Å². The van der Waals surface area contributed by atoms with Gasteiger partial charge < -0.3 is 9.97 Å². The van der Waals surface area contributed by atoms with Crippen LogP contribution in [0.5, 0.6) is 0 Å². The molecule has 7 heteroatoms. The van der Waals surface area contributed by atoms with E-state index in [1.165, 1.54) is 30.1 Å². The lowest BCUT2D eigenvalue weighted by molar-refractivity contribution is 0.628. The van der Waals surface area contributed by atoms with Crippen molar-refractivity contribution in [2.45, 2.75) is 10.8 Å². The lowest BCUT2D eigenvalue weighted by Crippen LogP contribution is -2.28. The van der Waals surface area contributed by atoms with E-state index in [4.69, 9.17) is 11.6 Å². The highest BCUT2D eigenvalue weighted by Crippen LogP contribution is 2.22. The van der Waals surface area contributed by atoms with E-state index in [0.29, 0.717) is 10.8 Å². The summed E-state index contributed by atoms with van der Waals surface area (Å²) in [5, 5.41) is 0.586. The molecule has 94 valence electrons. The standard InChI is InChI=1S/C11H8ClFN2O2S/c12-7-3-6(1-2-8(7)13)5-18-9-4-14-10(16)11(17)15-9/h1-4H,5H2,(H,14,16)(H,15,17). The van der Waals surface area contributed by atoms with Crippen LogP contribution in [0, 0.1) is 5.82 Å². The largest absolute Gasteiger partial charge is 0.322 e. The Morgan fingerprint density at radius 2 is 2.06 bits per heavy atom. The van der Waals surface area contributed by atoms with E-state index in [9.17, 15) is 14.0 Å².